The van der Waals surface area contributed by atoms with E-state index in [0.29, 0.717) is 12.3 Å². The second kappa shape index (κ2) is 6.68. The van der Waals surface area contributed by atoms with Crippen molar-refractivity contribution < 1.29 is 0 Å². The molecule has 1 aromatic carbocycles. The first kappa shape index (κ1) is 15.4. The van der Waals surface area contributed by atoms with Gasteiger partial charge in [0.05, 0.1) is 10.2 Å². The van der Waals surface area contributed by atoms with Crippen molar-refractivity contribution in [2.45, 2.75) is 26.2 Å². The van der Waals surface area contributed by atoms with Gasteiger partial charge in [-0.2, -0.15) is 0 Å². The third kappa shape index (κ3) is 3.38. The molecular weight excluding hydrogens is 382 g/mol. The van der Waals surface area contributed by atoms with Crippen LogP contribution in [0, 0.1) is 0 Å². The molecule has 2 rings (SSSR count). The number of aromatic nitrogens is 2. The molecule has 0 fully saturated rings. The van der Waals surface area contributed by atoms with Crippen molar-refractivity contribution in [2.24, 2.45) is 0 Å². The second-order valence-corrected chi connectivity index (χ2v) is 6.51. The molecule has 0 spiro atoms. The van der Waals surface area contributed by atoms with Gasteiger partial charge in [-0.25, -0.2) is 9.97 Å². The predicted molar refractivity (Wildman–Crippen MR) is 90.3 cm³/mol. The highest BCUT2D eigenvalue weighted by Gasteiger charge is 2.14. The molecular formula is C15H17Br2N3. The highest BCUT2D eigenvalue weighted by atomic mass is 79.9. The Bertz CT molecular complexity index is 612. The molecule has 2 aromatic rings. The lowest BCUT2D eigenvalue weighted by molar-refractivity contribution is 0.785. The van der Waals surface area contributed by atoms with Crippen LogP contribution in [-0.2, 0) is 6.42 Å². The van der Waals surface area contributed by atoms with Crippen LogP contribution in [0.15, 0.2) is 33.2 Å². The molecule has 5 heteroatoms. The highest BCUT2D eigenvalue weighted by molar-refractivity contribution is 9.11. The molecule has 0 aliphatic heterocycles. The summed E-state index contributed by atoms with van der Waals surface area (Å²) >= 11 is 7.15. The van der Waals surface area contributed by atoms with Gasteiger partial charge in [0.15, 0.2) is 0 Å². The third-order valence-electron chi connectivity index (χ3n) is 3.01. The minimum absolute atomic E-state index is 0.345. The third-order valence-corrected chi connectivity index (χ3v) is 4.57. The zero-order valence-corrected chi connectivity index (χ0v) is 14.9. The van der Waals surface area contributed by atoms with Crippen molar-refractivity contribution in [3.8, 4) is 0 Å². The van der Waals surface area contributed by atoms with Gasteiger partial charge in [-0.05, 0) is 33.5 Å². The van der Waals surface area contributed by atoms with E-state index in [9.17, 15) is 0 Å². The van der Waals surface area contributed by atoms with E-state index in [4.69, 9.17) is 4.98 Å². The fourth-order valence-corrected chi connectivity index (χ4v) is 3.21. The van der Waals surface area contributed by atoms with Crippen LogP contribution in [0.1, 0.15) is 36.8 Å². The van der Waals surface area contributed by atoms with Gasteiger partial charge >= 0.3 is 0 Å². The molecule has 0 saturated heterocycles. The van der Waals surface area contributed by atoms with Crippen LogP contribution < -0.4 is 5.32 Å². The molecule has 0 radical (unpaired) electrons. The van der Waals surface area contributed by atoms with E-state index in [1.807, 2.05) is 25.2 Å². The maximum atomic E-state index is 4.70. The zero-order chi connectivity index (χ0) is 14.7. The van der Waals surface area contributed by atoms with Gasteiger partial charge in [-0.15, -0.1) is 0 Å². The Labute approximate surface area is 136 Å². The first-order valence-electron chi connectivity index (χ1n) is 6.50. The molecule has 0 saturated carbocycles. The Morgan fingerprint density at radius 2 is 1.85 bits per heavy atom. The molecule has 20 heavy (non-hydrogen) atoms. The minimum atomic E-state index is 0.345. The molecule has 1 N–H and O–H groups in total. The molecule has 106 valence electrons. The summed E-state index contributed by atoms with van der Waals surface area (Å²) in [5, 5.41) is 3.12. The summed E-state index contributed by atoms with van der Waals surface area (Å²) in [5.74, 6) is 2.01. The number of benzene rings is 1. The summed E-state index contributed by atoms with van der Waals surface area (Å²) in [6, 6.07) is 8.16. The normalized spacial score (nSPS) is 10.9. The Morgan fingerprint density at radius 3 is 2.45 bits per heavy atom. The van der Waals surface area contributed by atoms with Crippen LogP contribution in [0.5, 0.6) is 0 Å². The van der Waals surface area contributed by atoms with Gasteiger partial charge in [0.1, 0.15) is 11.6 Å². The van der Waals surface area contributed by atoms with E-state index in [1.54, 1.807) is 0 Å². The first-order chi connectivity index (χ1) is 9.52. The van der Waals surface area contributed by atoms with Gasteiger partial charge in [0.2, 0.25) is 0 Å². The summed E-state index contributed by atoms with van der Waals surface area (Å²) in [6.07, 6.45) is 0.711. The molecule has 1 heterocycles. The van der Waals surface area contributed by atoms with Crippen molar-refractivity contribution in [1.29, 1.82) is 0 Å². The lowest BCUT2D eigenvalue weighted by Crippen LogP contribution is -2.07. The molecule has 0 aliphatic carbocycles. The van der Waals surface area contributed by atoms with Crippen LogP contribution in [0.2, 0.25) is 0 Å². The molecule has 0 amide bonds. The number of hydrogen-bond acceptors (Lipinski definition) is 3. The van der Waals surface area contributed by atoms with Crippen molar-refractivity contribution in [2.75, 3.05) is 12.4 Å². The van der Waals surface area contributed by atoms with Crippen LogP contribution in [0.25, 0.3) is 0 Å². The van der Waals surface area contributed by atoms with E-state index >= 15 is 0 Å². The van der Waals surface area contributed by atoms with Crippen molar-refractivity contribution >= 4 is 37.7 Å². The average Bonchev–Trinajstić information content (AvgIpc) is 2.42. The molecule has 0 bridgehead atoms. The zero-order valence-electron chi connectivity index (χ0n) is 11.7. The summed E-state index contributed by atoms with van der Waals surface area (Å²) in [4.78, 5) is 9.28. The molecule has 3 nitrogen and oxygen atoms in total. The summed E-state index contributed by atoms with van der Waals surface area (Å²) in [6.45, 7) is 4.27. The number of nitrogens with one attached hydrogen (secondary N) is 1. The highest BCUT2D eigenvalue weighted by Crippen LogP contribution is 2.29. The molecule has 0 atom stereocenters. The number of nitrogens with zero attached hydrogens (tertiary/aromatic N) is 2. The molecule has 0 aliphatic rings. The van der Waals surface area contributed by atoms with Gasteiger partial charge < -0.3 is 5.32 Å². The maximum absolute atomic E-state index is 4.70. The fourth-order valence-electron chi connectivity index (χ4n) is 1.95. The minimum Gasteiger partial charge on any atom is -0.372 e. The largest absolute Gasteiger partial charge is 0.372 e. The fraction of sp³-hybridized carbons (Fsp3) is 0.333. The van der Waals surface area contributed by atoms with Gasteiger partial charge in [-0.3, -0.25) is 0 Å². The van der Waals surface area contributed by atoms with E-state index in [1.165, 1.54) is 5.56 Å². The summed E-state index contributed by atoms with van der Waals surface area (Å²) < 4.78 is 2.04. The summed E-state index contributed by atoms with van der Waals surface area (Å²) in [7, 11) is 1.87. The number of rotatable bonds is 4. The molecule has 0 unspecified atom stereocenters. The smallest absolute Gasteiger partial charge is 0.144 e. The Morgan fingerprint density at radius 1 is 1.15 bits per heavy atom. The maximum Gasteiger partial charge on any atom is 0.144 e. The van der Waals surface area contributed by atoms with E-state index in [-0.39, 0.29) is 0 Å². The standard InChI is InChI=1S/C15H17Br2N3/c1-9(2)14-13(17)15(18-3)20-12(19-14)8-10-6-4-5-7-11(10)16/h4-7,9H,8H2,1-3H3,(H,18,19,20). The Balaban J connectivity index is 2.42. The van der Waals surface area contributed by atoms with Gasteiger partial charge in [-0.1, -0.05) is 48.0 Å². The van der Waals surface area contributed by atoms with Crippen molar-refractivity contribution in [3.05, 3.63) is 50.3 Å². The lowest BCUT2D eigenvalue weighted by atomic mass is 10.1. The lowest BCUT2D eigenvalue weighted by Gasteiger charge is -2.13. The van der Waals surface area contributed by atoms with Crippen LogP contribution in [0.3, 0.4) is 0 Å². The Hall–Kier alpha value is -0.940. The molecule has 1 aromatic heterocycles. The number of hydrogen-bond donors (Lipinski definition) is 1. The topological polar surface area (TPSA) is 37.8 Å². The van der Waals surface area contributed by atoms with Gasteiger partial charge in [0, 0.05) is 17.9 Å². The van der Waals surface area contributed by atoms with E-state index < -0.39 is 0 Å². The predicted octanol–water partition coefficient (Wildman–Crippen LogP) is 4.76. The van der Waals surface area contributed by atoms with Crippen LogP contribution in [0.4, 0.5) is 5.82 Å². The monoisotopic (exact) mass is 397 g/mol. The SMILES string of the molecule is CNc1nc(Cc2ccccc2Br)nc(C(C)C)c1Br. The van der Waals surface area contributed by atoms with E-state index in [0.717, 1.165) is 26.3 Å². The van der Waals surface area contributed by atoms with Crippen LogP contribution >= 0.6 is 31.9 Å². The summed E-state index contributed by atoms with van der Waals surface area (Å²) in [5.41, 5.74) is 2.22. The first-order valence-corrected chi connectivity index (χ1v) is 8.09. The van der Waals surface area contributed by atoms with E-state index in [2.05, 4.69) is 62.1 Å². The second-order valence-electron chi connectivity index (χ2n) is 4.86. The van der Waals surface area contributed by atoms with Crippen LogP contribution in [-0.4, -0.2) is 17.0 Å². The average molecular weight is 399 g/mol. The van der Waals surface area contributed by atoms with Crippen molar-refractivity contribution in [3.63, 3.8) is 0 Å². The quantitative estimate of drug-likeness (QED) is 0.806. The van der Waals surface area contributed by atoms with Crippen molar-refractivity contribution in [1.82, 2.24) is 9.97 Å². The number of halogens is 2. The number of anilines is 1. The Kier molecular flexibility index (Phi) is 5.16. The van der Waals surface area contributed by atoms with Gasteiger partial charge in [0.25, 0.3) is 0 Å².